The largest absolute Gasteiger partial charge is 0.496 e. The van der Waals surface area contributed by atoms with E-state index in [4.69, 9.17) is 4.74 Å². The van der Waals surface area contributed by atoms with E-state index in [1.807, 2.05) is 32.9 Å². The lowest BCUT2D eigenvalue weighted by atomic mass is 9.93. The number of ether oxygens (including phenoxy) is 1. The van der Waals surface area contributed by atoms with Gasteiger partial charge in [-0.1, -0.05) is 26.0 Å². The Balaban J connectivity index is 2.33. The summed E-state index contributed by atoms with van der Waals surface area (Å²) in [7, 11) is -2.01. The molecule has 0 aromatic heterocycles. The molecule has 0 aliphatic heterocycles. The third-order valence-electron chi connectivity index (χ3n) is 5.41. The van der Waals surface area contributed by atoms with Crippen LogP contribution in [-0.2, 0) is 14.8 Å². The number of hydrogen-bond donors (Lipinski definition) is 1. The van der Waals surface area contributed by atoms with Gasteiger partial charge in [-0.25, -0.2) is 8.42 Å². The van der Waals surface area contributed by atoms with E-state index >= 15 is 0 Å². The molecule has 2 aromatic rings. The lowest BCUT2D eigenvalue weighted by Gasteiger charge is -2.30. The van der Waals surface area contributed by atoms with Crippen molar-refractivity contribution in [3.8, 4) is 5.75 Å². The fourth-order valence-electron chi connectivity index (χ4n) is 3.80. The Morgan fingerprint density at radius 2 is 1.68 bits per heavy atom. The predicted molar refractivity (Wildman–Crippen MR) is 126 cm³/mol. The fourth-order valence-corrected chi connectivity index (χ4v) is 4.96. The molecule has 2 rings (SSSR count). The second-order valence-electron chi connectivity index (χ2n) is 8.41. The highest BCUT2D eigenvalue weighted by atomic mass is 32.2. The van der Waals surface area contributed by atoms with Crippen molar-refractivity contribution < 1.29 is 17.9 Å². The van der Waals surface area contributed by atoms with E-state index in [1.54, 1.807) is 32.2 Å². The van der Waals surface area contributed by atoms with Crippen LogP contribution in [-0.4, -0.2) is 33.7 Å². The molecule has 7 heteroatoms. The topological polar surface area (TPSA) is 75.7 Å². The number of methoxy groups -OCH3 is 1. The number of aryl methyl sites for hydroxylation is 2. The van der Waals surface area contributed by atoms with E-state index in [0.29, 0.717) is 5.69 Å². The van der Waals surface area contributed by atoms with Gasteiger partial charge in [0.15, 0.2) is 0 Å². The molecular formula is C24H34N2O4S. The molecule has 2 aromatic carbocycles. The van der Waals surface area contributed by atoms with Crippen molar-refractivity contribution in [2.75, 3.05) is 17.7 Å². The maximum atomic E-state index is 13.1. The van der Waals surface area contributed by atoms with Gasteiger partial charge in [0, 0.05) is 0 Å². The zero-order chi connectivity index (χ0) is 23.5. The predicted octanol–water partition coefficient (Wildman–Crippen LogP) is 4.47. The summed E-state index contributed by atoms with van der Waals surface area (Å²) in [6.45, 7) is 11.5. The number of amides is 1. The molecule has 0 heterocycles. The molecule has 0 saturated heterocycles. The number of nitrogens with one attached hydrogen (secondary N) is 1. The van der Waals surface area contributed by atoms with Gasteiger partial charge >= 0.3 is 0 Å². The van der Waals surface area contributed by atoms with E-state index in [9.17, 15) is 13.2 Å². The van der Waals surface area contributed by atoms with Crippen LogP contribution >= 0.6 is 0 Å². The van der Waals surface area contributed by atoms with Crippen LogP contribution in [0.3, 0.4) is 0 Å². The second-order valence-corrected chi connectivity index (χ2v) is 10.3. The lowest BCUT2D eigenvalue weighted by Crippen LogP contribution is -2.48. The molecule has 6 nitrogen and oxygen atoms in total. The first-order chi connectivity index (χ1) is 14.4. The molecule has 0 saturated carbocycles. The van der Waals surface area contributed by atoms with E-state index in [0.717, 1.165) is 34.3 Å². The van der Waals surface area contributed by atoms with Crippen molar-refractivity contribution in [1.82, 2.24) is 5.32 Å². The average Bonchev–Trinajstić information content (AvgIpc) is 2.66. The minimum Gasteiger partial charge on any atom is -0.496 e. The summed E-state index contributed by atoms with van der Waals surface area (Å²) < 4.78 is 31.7. The first-order valence-electron chi connectivity index (χ1n) is 10.4. The van der Waals surface area contributed by atoms with Gasteiger partial charge in [-0.15, -0.1) is 0 Å². The number of hydrogen-bond acceptors (Lipinski definition) is 4. The lowest BCUT2D eigenvalue weighted by molar-refractivity contribution is -0.122. The van der Waals surface area contributed by atoms with Crippen LogP contribution in [0.5, 0.6) is 5.75 Å². The Hall–Kier alpha value is -2.54. The van der Waals surface area contributed by atoms with E-state index < -0.39 is 16.1 Å². The molecule has 0 radical (unpaired) electrons. The summed E-state index contributed by atoms with van der Waals surface area (Å²) in [5.41, 5.74) is 4.43. The normalized spacial score (nSPS) is 13.6. The van der Waals surface area contributed by atoms with Crippen LogP contribution in [0.4, 0.5) is 5.69 Å². The Morgan fingerprint density at radius 1 is 1.03 bits per heavy atom. The number of rotatable bonds is 8. The Kier molecular flexibility index (Phi) is 7.76. The van der Waals surface area contributed by atoms with Gasteiger partial charge < -0.3 is 10.1 Å². The molecule has 0 fully saturated rings. The van der Waals surface area contributed by atoms with E-state index in [-0.39, 0.29) is 17.9 Å². The minimum absolute atomic E-state index is 0.262. The monoisotopic (exact) mass is 446 g/mol. The zero-order valence-corrected chi connectivity index (χ0v) is 20.5. The number of sulfonamides is 1. The van der Waals surface area contributed by atoms with E-state index in [1.165, 1.54) is 4.31 Å². The zero-order valence-electron chi connectivity index (χ0n) is 19.7. The maximum absolute atomic E-state index is 13.1. The third kappa shape index (κ3) is 5.79. The summed E-state index contributed by atoms with van der Waals surface area (Å²) in [4.78, 5) is 13.1. The van der Waals surface area contributed by atoms with Gasteiger partial charge in [0.1, 0.15) is 11.8 Å². The molecule has 1 amide bonds. The van der Waals surface area contributed by atoms with E-state index in [2.05, 4.69) is 25.2 Å². The quantitative estimate of drug-likeness (QED) is 0.649. The molecule has 0 spiro atoms. The number of anilines is 1. The molecule has 0 aliphatic rings. The number of benzene rings is 2. The Bertz CT molecular complexity index is 1050. The fraction of sp³-hybridized carbons (Fsp3) is 0.458. The molecule has 31 heavy (non-hydrogen) atoms. The highest BCUT2D eigenvalue weighted by Crippen LogP contribution is 2.32. The summed E-state index contributed by atoms with van der Waals surface area (Å²) in [6, 6.07) is 9.97. The van der Waals surface area contributed by atoms with Crippen molar-refractivity contribution in [1.29, 1.82) is 0 Å². The molecule has 1 N–H and O–H groups in total. The van der Waals surface area contributed by atoms with Crippen molar-refractivity contribution in [2.24, 2.45) is 0 Å². The van der Waals surface area contributed by atoms with Gasteiger partial charge in [0.25, 0.3) is 0 Å². The average molecular weight is 447 g/mol. The van der Waals surface area contributed by atoms with Gasteiger partial charge in [0.05, 0.1) is 25.1 Å². The van der Waals surface area contributed by atoms with Gasteiger partial charge in [-0.3, -0.25) is 9.10 Å². The summed E-state index contributed by atoms with van der Waals surface area (Å²) in [5.74, 6) is 0.727. The van der Waals surface area contributed by atoms with Gasteiger partial charge in [-0.05, 0) is 80.1 Å². The second kappa shape index (κ2) is 9.73. The van der Waals surface area contributed by atoms with Gasteiger partial charge in [-0.2, -0.15) is 0 Å². The Labute approximate surface area is 186 Å². The maximum Gasteiger partial charge on any atom is 0.244 e. The van der Waals surface area contributed by atoms with Crippen LogP contribution in [0.25, 0.3) is 0 Å². The first kappa shape index (κ1) is 24.7. The summed E-state index contributed by atoms with van der Waals surface area (Å²) in [5, 5.41) is 2.99. The van der Waals surface area contributed by atoms with Gasteiger partial charge in [0.2, 0.25) is 15.9 Å². The van der Waals surface area contributed by atoms with Crippen molar-refractivity contribution in [3.63, 3.8) is 0 Å². The molecular weight excluding hydrogens is 412 g/mol. The smallest absolute Gasteiger partial charge is 0.244 e. The molecule has 2 unspecified atom stereocenters. The summed E-state index contributed by atoms with van der Waals surface area (Å²) in [6.07, 6.45) is 1.12. The third-order valence-corrected chi connectivity index (χ3v) is 6.65. The van der Waals surface area contributed by atoms with Crippen LogP contribution in [0, 0.1) is 13.8 Å². The van der Waals surface area contributed by atoms with Crippen LogP contribution in [0.1, 0.15) is 61.9 Å². The highest BCUT2D eigenvalue weighted by molar-refractivity contribution is 7.92. The SMILES string of the molecule is COc1cc(C)c(C(C)NC(=O)C(C)N(c2cccc(C)c2)S(C)(=O)=O)cc1C(C)C. The number of nitrogens with zero attached hydrogens (tertiary/aromatic N) is 1. The van der Waals surface area contributed by atoms with Crippen LogP contribution < -0.4 is 14.4 Å². The summed E-state index contributed by atoms with van der Waals surface area (Å²) >= 11 is 0. The highest BCUT2D eigenvalue weighted by Gasteiger charge is 2.30. The van der Waals surface area contributed by atoms with Crippen LogP contribution in [0.15, 0.2) is 36.4 Å². The standard InChI is InChI=1S/C24H34N2O4S/c1-15(2)21-14-22(17(4)13-23(21)30-7)18(5)25-24(27)19(6)26(31(8,28)29)20-11-9-10-16(3)12-20/h9-15,18-19H,1-8H3,(H,25,27). The van der Waals surface area contributed by atoms with Crippen molar-refractivity contribution in [3.05, 3.63) is 58.7 Å². The first-order valence-corrected chi connectivity index (χ1v) is 12.3. The molecule has 170 valence electrons. The van der Waals surface area contributed by atoms with Crippen LogP contribution in [0.2, 0.25) is 0 Å². The number of carbonyl (C=O) groups is 1. The van der Waals surface area contributed by atoms with Crippen molar-refractivity contribution >= 4 is 21.6 Å². The molecule has 2 atom stereocenters. The molecule has 0 bridgehead atoms. The Morgan fingerprint density at radius 3 is 2.19 bits per heavy atom. The minimum atomic E-state index is -3.66. The van der Waals surface area contributed by atoms with Crippen molar-refractivity contribution in [2.45, 2.75) is 59.5 Å². The molecule has 0 aliphatic carbocycles. The number of carbonyl (C=O) groups excluding carboxylic acids is 1.